The Bertz CT molecular complexity index is 514. The molecule has 1 aliphatic heterocycles. The highest BCUT2D eigenvalue weighted by molar-refractivity contribution is 5.97. The maximum absolute atomic E-state index is 12.0. The summed E-state index contributed by atoms with van der Waals surface area (Å²) in [4.78, 5) is 23.1. The molecule has 0 unspecified atom stereocenters. The van der Waals surface area contributed by atoms with Crippen molar-refractivity contribution in [3.8, 4) is 11.5 Å². The molecule has 2 N–H and O–H groups in total. The van der Waals surface area contributed by atoms with E-state index in [1.165, 1.54) is 0 Å². The molecule has 0 spiro atoms. The molecule has 1 amide bonds. The Morgan fingerprint density at radius 1 is 1.30 bits per heavy atom. The quantitative estimate of drug-likeness (QED) is 0.852. The fourth-order valence-electron chi connectivity index (χ4n) is 1.97. The van der Waals surface area contributed by atoms with Gasteiger partial charge in [-0.2, -0.15) is 0 Å². The lowest BCUT2D eigenvalue weighted by Crippen LogP contribution is -2.40. The van der Waals surface area contributed by atoms with Crippen molar-refractivity contribution in [2.75, 3.05) is 13.2 Å². The number of carboxylic acid groups (broad SMARTS) is 1. The van der Waals surface area contributed by atoms with Crippen LogP contribution in [0.3, 0.4) is 0 Å². The van der Waals surface area contributed by atoms with E-state index in [0.717, 1.165) is 0 Å². The minimum Gasteiger partial charge on any atom is -0.486 e. The molecule has 0 bridgehead atoms. The second-order valence-electron chi connectivity index (χ2n) is 4.51. The minimum atomic E-state index is -1.03. The molecule has 1 aliphatic rings. The van der Waals surface area contributed by atoms with Crippen molar-refractivity contribution in [3.05, 3.63) is 23.8 Å². The molecule has 0 fully saturated rings. The highest BCUT2D eigenvalue weighted by atomic mass is 16.6. The van der Waals surface area contributed by atoms with Crippen molar-refractivity contribution in [3.63, 3.8) is 0 Å². The third-order valence-electron chi connectivity index (χ3n) is 2.99. The molecular formula is C14H17NO5. The van der Waals surface area contributed by atoms with Crippen LogP contribution in [0, 0.1) is 0 Å². The van der Waals surface area contributed by atoms with Crippen LogP contribution in [0.15, 0.2) is 18.2 Å². The summed E-state index contributed by atoms with van der Waals surface area (Å²) >= 11 is 0. The number of ether oxygens (including phenoxy) is 2. The summed E-state index contributed by atoms with van der Waals surface area (Å²) in [5.74, 6) is -0.358. The highest BCUT2D eigenvalue weighted by Gasteiger charge is 2.21. The molecule has 2 rings (SSSR count). The van der Waals surface area contributed by atoms with Crippen molar-refractivity contribution >= 4 is 11.9 Å². The molecule has 6 heteroatoms. The molecule has 0 aromatic heterocycles. The number of carbonyl (C=O) groups is 2. The molecule has 20 heavy (non-hydrogen) atoms. The fourth-order valence-corrected chi connectivity index (χ4v) is 1.97. The molecule has 0 saturated carbocycles. The molecule has 6 nitrogen and oxygen atoms in total. The normalized spacial score (nSPS) is 14.4. The van der Waals surface area contributed by atoms with Gasteiger partial charge in [-0.05, 0) is 24.6 Å². The lowest BCUT2D eigenvalue weighted by molar-refractivity contribution is -0.139. The molecule has 108 valence electrons. The third kappa shape index (κ3) is 3.20. The number of rotatable bonds is 5. The van der Waals surface area contributed by atoms with Crippen LogP contribution in [0.4, 0.5) is 0 Å². The zero-order chi connectivity index (χ0) is 14.5. The predicted octanol–water partition coefficient (Wildman–Crippen LogP) is 1.44. The number of hydrogen-bond donors (Lipinski definition) is 2. The minimum absolute atomic E-state index is 0.358. The van der Waals surface area contributed by atoms with Gasteiger partial charge in [0.25, 0.3) is 5.91 Å². The smallest absolute Gasteiger partial charge is 0.326 e. The molecule has 0 saturated heterocycles. The van der Waals surface area contributed by atoms with Crippen LogP contribution in [0.5, 0.6) is 11.5 Å². The SMILES string of the molecule is CCC[C@@H](NC(=O)c1ccc2c(c1)OCCO2)C(=O)O. The summed E-state index contributed by atoms with van der Waals surface area (Å²) in [6, 6.07) is 3.93. The average Bonchev–Trinajstić information content (AvgIpc) is 2.46. The summed E-state index contributed by atoms with van der Waals surface area (Å²) in [6.45, 7) is 2.79. The zero-order valence-corrected chi connectivity index (χ0v) is 11.2. The van der Waals surface area contributed by atoms with Crippen LogP contribution >= 0.6 is 0 Å². The van der Waals surface area contributed by atoms with Crippen molar-refractivity contribution in [2.45, 2.75) is 25.8 Å². The van der Waals surface area contributed by atoms with E-state index < -0.39 is 17.9 Å². The summed E-state index contributed by atoms with van der Waals surface area (Å²) in [5, 5.41) is 11.5. The Morgan fingerprint density at radius 3 is 2.65 bits per heavy atom. The second-order valence-corrected chi connectivity index (χ2v) is 4.51. The third-order valence-corrected chi connectivity index (χ3v) is 2.99. The standard InChI is InChI=1S/C14H17NO5/c1-2-3-10(14(17)18)15-13(16)9-4-5-11-12(8-9)20-7-6-19-11/h4-5,8,10H,2-3,6-7H2,1H3,(H,15,16)(H,17,18)/t10-/m1/s1. The predicted molar refractivity (Wildman–Crippen MR) is 71.2 cm³/mol. The lowest BCUT2D eigenvalue weighted by atomic mass is 10.1. The van der Waals surface area contributed by atoms with Crippen molar-refractivity contribution < 1.29 is 24.2 Å². The van der Waals surface area contributed by atoms with E-state index >= 15 is 0 Å². The van der Waals surface area contributed by atoms with Gasteiger partial charge in [0, 0.05) is 5.56 Å². The summed E-state index contributed by atoms with van der Waals surface area (Å²) < 4.78 is 10.8. The maximum atomic E-state index is 12.0. The average molecular weight is 279 g/mol. The van der Waals surface area contributed by atoms with Crippen LogP contribution in [0.1, 0.15) is 30.1 Å². The van der Waals surface area contributed by atoms with Gasteiger partial charge in [-0.25, -0.2) is 4.79 Å². The summed E-state index contributed by atoms with van der Waals surface area (Å²) in [7, 11) is 0. The number of benzene rings is 1. The first-order valence-corrected chi connectivity index (χ1v) is 6.55. The van der Waals surface area contributed by atoms with Crippen molar-refractivity contribution in [2.24, 2.45) is 0 Å². The Labute approximate surface area is 116 Å². The number of carboxylic acids is 1. The fraction of sp³-hybridized carbons (Fsp3) is 0.429. The first-order valence-electron chi connectivity index (χ1n) is 6.55. The number of fused-ring (bicyclic) bond motifs is 1. The van der Waals surface area contributed by atoms with Crippen molar-refractivity contribution in [1.82, 2.24) is 5.32 Å². The topological polar surface area (TPSA) is 84.9 Å². The molecular weight excluding hydrogens is 262 g/mol. The Balaban J connectivity index is 2.10. The van der Waals surface area contributed by atoms with Gasteiger partial charge in [-0.3, -0.25) is 4.79 Å². The largest absolute Gasteiger partial charge is 0.486 e. The molecule has 0 radical (unpaired) electrons. The van der Waals surface area contributed by atoms with Crippen LogP contribution in [-0.2, 0) is 4.79 Å². The molecule has 1 atom stereocenters. The lowest BCUT2D eigenvalue weighted by Gasteiger charge is -2.19. The van der Waals surface area contributed by atoms with Gasteiger partial charge in [0.2, 0.25) is 0 Å². The van der Waals surface area contributed by atoms with E-state index in [0.29, 0.717) is 43.1 Å². The van der Waals surface area contributed by atoms with Gasteiger partial charge in [-0.15, -0.1) is 0 Å². The Hall–Kier alpha value is -2.24. The van der Waals surface area contributed by atoms with Gasteiger partial charge < -0.3 is 19.9 Å². The second kappa shape index (κ2) is 6.27. The number of amides is 1. The molecule has 0 aliphatic carbocycles. The Morgan fingerprint density at radius 2 is 2.00 bits per heavy atom. The monoisotopic (exact) mass is 279 g/mol. The zero-order valence-electron chi connectivity index (χ0n) is 11.2. The van der Waals surface area contributed by atoms with Crippen LogP contribution in [0.2, 0.25) is 0 Å². The maximum Gasteiger partial charge on any atom is 0.326 e. The van der Waals surface area contributed by atoms with Gasteiger partial charge in [0.15, 0.2) is 11.5 Å². The number of hydrogen-bond acceptors (Lipinski definition) is 4. The summed E-state index contributed by atoms with van der Waals surface area (Å²) in [5.41, 5.74) is 0.358. The van der Waals surface area contributed by atoms with E-state index in [-0.39, 0.29) is 0 Å². The number of aliphatic carboxylic acids is 1. The Kier molecular flexibility index (Phi) is 4.45. The first-order chi connectivity index (χ1) is 9.61. The van der Waals surface area contributed by atoms with Crippen molar-refractivity contribution in [1.29, 1.82) is 0 Å². The van der Waals surface area contributed by atoms with E-state index in [9.17, 15) is 9.59 Å². The van der Waals surface area contributed by atoms with Gasteiger partial charge >= 0.3 is 5.97 Å². The summed E-state index contributed by atoms with van der Waals surface area (Å²) in [6.07, 6.45) is 1.07. The number of carbonyl (C=O) groups excluding carboxylic acids is 1. The van der Waals surface area contributed by atoms with E-state index in [1.807, 2.05) is 6.92 Å². The van der Waals surface area contributed by atoms with Gasteiger partial charge in [0.05, 0.1) is 0 Å². The van der Waals surface area contributed by atoms with Crippen LogP contribution < -0.4 is 14.8 Å². The van der Waals surface area contributed by atoms with E-state index in [1.54, 1.807) is 18.2 Å². The van der Waals surface area contributed by atoms with E-state index in [2.05, 4.69) is 5.32 Å². The first kappa shape index (κ1) is 14.2. The van der Waals surface area contributed by atoms with Gasteiger partial charge in [0.1, 0.15) is 19.3 Å². The van der Waals surface area contributed by atoms with E-state index in [4.69, 9.17) is 14.6 Å². The van der Waals surface area contributed by atoms with Gasteiger partial charge in [-0.1, -0.05) is 13.3 Å². The molecule has 1 aromatic rings. The number of nitrogens with one attached hydrogen (secondary N) is 1. The van der Waals surface area contributed by atoms with Crippen LogP contribution in [0.25, 0.3) is 0 Å². The molecule has 1 aromatic carbocycles. The van der Waals surface area contributed by atoms with Crippen LogP contribution in [-0.4, -0.2) is 36.2 Å². The molecule has 1 heterocycles. The highest BCUT2D eigenvalue weighted by Crippen LogP contribution is 2.30.